The normalized spacial score (nSPS) is 20.9. The van der Waals surface area contributed by atoms with Gasteiger partial charge < -0.3 is 9.47 Å². The molecule has 2 atom stereocenters. The molecule has 0 saturated carbocycles. The van der Waals surface area contributed by atoms with Gasteiger partial charge in [-0.3, -0.25) is 9.48 Å². The predicted molar refractivity (Wildman–Crippen MR) is 105 cm³/mol. The number of nitrogens with zero attached hydrogens (tertiary/aromatic N) is 6. The Bertz CT molecular complexity index is 1050. The molecule has 1 amide bonds. The van der Waals surface area contributed by atoms with Gasteiger partial charge in [-0.15, -0.1) is 10.2 Å². The van der Waals surface area contributed by atoms with Crippen LogP contribution in [0.25, 0.3) is 11.4 Å². The maximum absolute atomic E-state index is 13.5. The molecule has 0 aliphatic carbocycles. The van der Waals surface area contributed by atoms with Crippen molar-refractivity contribution in [1.82, 2.24) is 29.4 Å². The number of rotatable bonds is 2. The summed E-state index contributed by atoms with van der Waals surface area (Å²) in [5.41, 5.74) is 3.55. The van der Waals surface area contributed by atoms with Gasteiger partial charge in [0.2, 0.25) is 0 Å². The zero-order chi connectivity index (χ0) is 19.4. The number of hydrogen-bond acceptors (Lipinski definition) is 4. The van der Waals surface area contributed by atoms with Crippen LogP contribution in [0.3, 0.4) is 0 Å². The molecule has 2 aromatic heterocycles. The van der Waals surface area contributed by atoms with Gasteiger partial charge in [-0.1, -0.05) is 30.3 Å². The molecular weight excluding hydrogens is 352 g/mol. The molecule has 1 saturated heterocycles. The van der Waals surface area contributed by atoms with E-state index in [1.165, 1.54) is 0 Å². The van der Waals surface area contributed by atoms with Gasteiger partial charge in [-0.05, 0) is 26.7 Å². The molecule has 2 bridgehead atoms. The van der Waals surface area contributed by atoms with Gasteiger partial charge in [-0.25, -0.2) is 0 Å². The summed E-state index contributed by atoms with van der Waals surface area (Å²) in [5, 5.41) is 13.4. The van der Waals surface area contributed by atoms with E-state index in [1.54, 1.807) is 4.68 Å². The van der Waals surface area contributed by atoms with Crippen molar-refractivity contribution in [2.75, 3.05) is 0 Å². The fourth-order valence-corrected chi connectivity index (χ4v) is 4.79. The molecule has 0 spiro atoms. The Balaban J connectivity index is 1.52. The van der Waals surface area contributed by atoms with Gasteiger partial charge in [0.25, 0.3) is 5.91 Å². The van der Waals surface area contributed by atoms with Crippen molar-refractivity contribution in [3.63, 3.8) is 0 Å². The average Bonchev–Trinajstić information content (AvgIpc) is 3.29. The van der Waals surface area contributed by atoms with Crippen molar-refractivity contribution in [1.29, 1.82) is 0 Å². The zero-order valence-electron chi connectivity index (χ0n) is 16.5. The first-order chi connectivity index (χ1) is 13.5. The molecule has 1 fully saturated rings. The van der Waals surface area contributed by atoms with Crippen LogP contribution in [0.5, 0.6) is 0 Å². The molecule has 7 nitrogen and oxygen atoms in total. The van der Waals surface area contributed by atoms with Crippen LogP contribution in [-0.2, 0) is 20.0 Å². The first-order valence-corrected chi connectivity index (χ1v) is 9.85. The lowest BCUT2D eigenvalue weighted by Crippen LogP contribution is -2.42. The number of benzene rings is 1. The summed E-state index contributed by atoms with van der Waals surface area (Å²) >= 11 is 0. The van der Waals surface area contributed by atoms with Gasteiger partial charge in [0, 0.05) is 37.3 Å². The first kappa shape index (κ1) is 17.2. The average molecular weight is 376 g/mol. The highest BCUT2D eigenvalue weighted by Gasteiger charge is 2.42. The van der Waals surface area contributed by atoms with Gasteiger partial charge in [0.05, 0.1) is 17.3 Å². The molecule has 2 aliphatic heterocycles. The number of fused-ring (bicyclic) bond motifs is 3. The molecule has 0 radical (unpaired) electrons. The monoisotopic (exact) mass is 376 g/mol. The van der Waals surface area contributed by atoms with Crippen LogP contribution in [0.2, 0.25) is 0 Å². The number of amides is 1. The largest absolute Gasteiger partial charge is 0.330 e. The standard InChI is InChI=1S/C21H24N6O/c1-13-19(14(2)25(3)24-13)21(28)27-16-9-10-17(27)12-26-18(11-16)22-23-20(26)15-7-5-4-6-8-15/h4-8,16-17H,9-12H2,1-3H3/t16-,17+/m0/s1. The third kappa shape index (κ3) is 2.49. The lowest BCUT2D eigenvalue weighted by atomic mass is 10.1. The second kappa shape index (κ2) is 6.29. The van der Waals surface area contributed by atoms with E-state index >= 15 is 0 Å². The number of carbonyl (C=O) groups excluding carboxylic acids is 1. The minimum Gasteiger partial charge on any atom is -0.330 e. The minimum atomic E-state index is 0.107. The van der Waals surface area contributed by atoms with Gasteiger partial charge in [0.15, 0.2) is 5.82 Å². The Morgan fingerprint density at radius 1 is 1.07 bits per heavy atom. The number of carbonyl (C=O) groups is 1. The van der Waals surface area contributed by atoms with Crippen molar-refractivity contribution < 1.29 is 4.79 Å². The lowest BCUT2D eigenvalue weighted by molar-refractivity contribution is 0.0664. The summed E-state index contributed by atoms with van der Waals surface area (Å²) in [7, 11) is 1.89. The van der Waals surface area contributed by atoms with Gasteiger partial charge in [0.1, 0.15) is 5.82 Å². The molecule has 0 N–H and O–H groups in total. The third-order valence-corrected chi connectivity index (χ3v) is 6.25. The third-order valence-electron chi connectivity index (χ3n) is 6.25. The molecule has 4 heterocycles. The number of aromatic nitrogens is 5. The van der Waals surface area contributed by atoms with Crippen LogP contribution in [0, 0.1) is 13.8 Å². The van der Waals surface area contributed by atoms with E-state index in [0.29, 0.717) is 0 Å². The van der Waals surface area contributed by atoms with E-state index in [-0.39, 0.29) is 18.0 Å². The molecule has 5 rings (SSSR count). The maximum atomic E-state index is 13.5. The Labute approximate surface area is 164 Å². The Kier molecular flexibility index (Phi) is 3.86. The van der Waals surface area contributed by atoms with Crippen LogP contribution in [0.4, 0.5) is 0 Å². The van der Waals surface area contributed by atoms with Crippen LogP contribution < -0.4 is 0 Å². The van der Waals surface area contributed by atoms with E-state index < -0.39 is 0 Å². The van der Waals surface area contributed by atoms with Crippen molar-refractivity contribution >= 4 is 5.91 Å². The highest BCUT2D eigenvalue weighted by atomic mass is 16.2. The fourth-order valence-electron chi connectivity index (χ4n) is 4.79. The molecule has 144 valence electrons. The highest BCUT2D eigenvalue weighted by molar-refractivity contribution is 5.97. The van der Waals surface area contributed by atoms with Crippen LogP contribution in [0.1, 0.15) is 40.4 Å². The van der Waals surface area contributed by atoms with Crippen molar-refractivity contribution in [3.8, 4) is 11.4 Å². The maximum Gasteiger partial charge on any atom is 0.258 e. The van der Waals surface area contributed by atoms with E-state index in [4.69, 9.17) is 0 Å². The first-order valence-electron chi connectivity index (χ1n) is 9.85. The Morgan fingerprint density at radius 3 is 2.54 bits per heavy atom. The van der Waals surface area contributed by atoms with Gasteiger partial charge in [-0.2, -0.15) is 5.10 Å². The lowest BCUT2D eigenvalue weighted by Gasteiger charge is -2.28. The SMILES string of the molecule is Cc1nn(C)c(C)c1C(=O)N1[C@@H]2CC[C@H]1Cc1nnc(-c3ccccc3)n1C2. The predicted octanol–water partition coefficient (Wildman–Crippen LogP) is 2.52. The summed E-state index contributed by atoms with van der Waals surface area (Å²) in [6.07, 6.45) is 2.78. The van der Waals surface area contributed by atoms with Crippen LogP contribution >= 0.6 is 0 Å². The topological polar surface area (TPSA) is 68.8 Å². The summed E-state index contributed by atoms with van der Waals surface area (Å²) in [4.78, 5) is 15.6. The zero-order valence-corrected chi connectivity index (χ0v) is 16.5. The smallest absolute Gasteiger partial charge is 0.258 e. The number of aryl methyl sites for hydroxylation is 2. The molecule has 28 heavy (non-hydrogen) atoms. The Morgan fingerprint density at radius 2 is 1.82 bits per heavy atom. The molecular formula is C21H24N6O. The Hall–Kier alpha value is -2.96. The molecule has 2 aliphatic rings. The van der Waals surface area contributed by atoms with E-state index in [1.807, 2.05) is 39.1 Å². The van der Waals surface area contributed by atoms with Crippen molar-refractivity contribution in [3.05, 3.63) is 53.1 Å². The van der Waals surface area contributed by atoms with E-state index in [9.17, 15) is 4.79 Å². The summed E-state index contributed by atoms with van der Waals surface area (Å²) < 4.78 is 4.01. The molecule has 3 aromatic rings. The van der Waals surface area contributed by atoms with E-state index in [0.717, 1.165) is 60.0 Å². The fraction of sp³-hybridized carbons (Fsp3) is 0.429. The highest BCUT2D eigenvalue weighted by Crippen LogP contribution is 2.35. The van der Waals surface area contributed by atoms with Crippen LogP contribution in [0.15, 0.2) is 30.3 Å². The van der Waals surface area contributed by atoms with Crippen molar-refractivity contribution in [2.24, 2.45) is 7.05 Å². The molecule has 0 unspecified atom stereocenters. The second-order valence-corrected chi connectivity index (χ2v) is 7.89. The minimum absolute atomic E-state index is 0.107. The summed E-state index contributed by atoms with van der Waals surface area (Å²) in [6.45, 7) is 4.63. The second-order valence-electron chi connectivity index (χ2n) is 7.89. The van der Waals surface area contributed by atoms with Crippen molar-refractivity contribution in [2.45, 2.75) is 51.7 Å². The molecule has 1 aromatic carbocycles. The van der Waals surface area contributed by atoms with Gasteiger partial charge >= 0.3 is 0 Å². The summed E-state index contributed by atoms with van der Waals surface area (Å²) in [5.74, 6) is 1.98. The summed E-state index contributed by atoms with van der Waals surface area (Å²) in [6, 6.07) is 10.5. The molecule has 7 heteroatoms. The quantitative estimate of drug-likeness (QED) is 0.689. The van der Waals surface area contributed by atoms with Crippen LogP contribution in [-0.4, -0.2) is 47.4 Å². The number of hydrogen-bond donors (Lipinski definition) is 0. The van der Waals surface area contributed by atoms with E-state index in [2.05, 4.69) is 36.9 Å².